The highest BCUT2D eigenvalue weighted by Gasteiger charge is 2.22. The van der Waals surface area contributed by atoms with Gasteiger partial charge in [0.05, 0.1) is 5.56 Å². The molecule has 0 radical (unpaired) electrons. The fourth-order valence-corrected chi connectivity index (χ4v) is 3.34. The predicted octanol–water partition coefficient (Wildman–Crippen LogP) is 4.80. The van der Waals surface area contributed by atoms with Crippen LogP contribution in [-0.2, 0) is 17.6 Å². The molecule has 0 saturated carbocycles. The Morgan fingerprint density at radius 1 is 0.778 bits per heavy atom. The van der Waals surface area contributed by atoms with Gasteiger partial charge in [-0.2, -0.15) is 0 Å². The Hall–Kier alpha value is -3.31. The number of carbonyl (C=O) groups excluding carboxylic acids is 1. The Labute approximate surface area is 159 Å². The maximum Gasteiger partial charge on any atom is 0.338 e. The first kappa shape index (κ1) is 17.1. The quantitative estimate of drug-likeness (QED) is 0.489. The molecule has 1 aliphatic carbocycles. The molecule has 4 rings (SSSR count). The van der Waals surface area contributed by atoms with E-state index >= 15 is 0 Å². The number of rotatable bonds is 2. The van der Waals surface area contributed by atoms with Gasteiger partial charge in [0.25, 0.3) is 0 Å². The fourth-order valence-electron chi connectivity index (χ4n) is 3.34. The van der Waals surface area contributed by atoms with Gasteiger partial charge in [-0.1, -0.05) is 54.3 Å². The van der Waals surface area contributed by atoms with Crippen molar-refractivity contribution in [2.45, 2.75) is 25.4 Å². The van der Waals surface area contributed by atoms with Crippen LogP contribution in [0.5, 0.6) is 0 Å². The third-order valence-corrected chi connectivity index (χ3v) is 4.82. The van der Waals surface area contributed by atoms with Crippen LogP contribution in [0, 0.1) is 11.8 Å². The van der Waals surface area contributed by atoms with Crippen molar-refractivity contribution in [3.05, 3.63) is 107 Å². The third-order valence-electron chi connectivity index (χ3n) is 4.82. The van der Waals surface area contributed by atoms with Gasteiger partial charge in [0, 0.05) is 17.5 Å². The molecule has 0 fully saturated rings. The second-order valence-electron chi connectivity index (χ2n) is 6.73. The monoisotopic (exact) mass is 352 g/mol. The number of esters is 1. The van der Waals surface area contributed by atoms with Crippen molar-refractivity contribution in [2.75, 3.05) is 0 Å². The van der Waals surface area contributed by atoms with Crippen LogP contribution in [-0.4, -0.2) is 12.1 Å². The van der Waals surface area contributed by atoms with Crippen LogP contribution in [0.25, 0.3) is 0 Å². The van der Waals surface area contributed by atoms with Gasteiger partial charge in [-0.25, -0.2) is 4.79 Å². The molecule has 0 bridgehead atoms. The summed E-state index contributed by atoms with van der Waals surface area (Å²) in [5, 5.41) is 0. The molecule has 1 unspecified atom stereocenters. The highest BCUT2D eigenvalue weighted by atomic mass is 16.5. The van der Waals surface area contributed by atoms with Crippen LogP contribution in [0.2, 0.25) is 0 Å². The first-order chi connectivity index (χ1) is 13.3. The first-order valence-corrected chi connectivity index (χ1v) is 9.23. The zero-order chi connectivity index (χ0) is 18.5. The Bertz CT molecular complexity index is 992. The molecule has 0 saturated heterocycles. The summed E-state index contributed by atoms with van der Waals surface area (Å²) >= 11 is 0. The smallest absolute Gasteiger partial charge is 0.338 e. The van der Waals surface area contributed by atoms with Gasteiger partial charge < -0.3 is 4.74 Å². The zero-order valence-corrected chi connectivity index (χ0v) is 15.0. The highest BCUT2D eigenvalue weighted by molar-refractivity contribution is 5.89. The van der Waals surface area contributed by atoms with E-state index in [1.54, 1.807) is 12.1 Å². The molecule has 2 heteroatoms. The van der Waals surface area contributed by atoms with Crippen molar-refractivity contribution >= 4 is 5.97 Å². The summed E-state index contributed by atoms with van der Waals surface area (Å²) in [5.41, 5.74) is 5.07. The van der Waals surface area contributed by atoms with Gasteiger partial charge in [-0.3, -0.25) is 0 Å². The lowest BCUT2D eigenvalue weighted by molar-refractivity contribution is 0.0271. The molecule has 27 heavy (non-hydrogen) atoms. The summed E-state index contributed by atoms with van der Waals surface area (Å²) in [6, 6.07) is 25.5. The molecular formula is C25H20O2. The van der Waals surface area contributed by atoms with Crippen molar-refractivity contribution in [3.63, 3.8) is 0 Å². The fraction of sp³-hybridized carbons (Fsp3) is 0.160. The van der Waals surface area contributed by atoms with E-state index in [9.17, 15) is 4.79 Å². The Kier molecular flexibility index (Phi) is 5.03. The zero-order valence-electron chi connectivity index (χ0n) is 15.0. The summed E-state index contributed by atoms with van der Waals surface area (Å²) < 4.78 is 5.73. The van der Waals surface area contributed by atoms with Crippen molar-refractivity contribution < 1.29 is 9.53 Å². The summed E-state index contributed by atoms with van der Waals surface area (Å²) in [6.07, 6.45) is 2.58. The van der Waals surface area contributed by atoms with Crippen LogP contribution in [0.15, 0.2) is 78.9 Å². The van der Waals surface area contributed by atoms with Crippen molar-refractivity contribution in [1.29, 1.82) is 0 Å². The number of carbonyl (C=O) groups is 1. The van der Waals surface area contributed by atoms with Crippen molar-refractivity contribution in [1.82, 2.24) is 0 Å². The van der Waals surface area contributed by atoms with Crippen LogP contribution in [0.1, 0.15) is 39.0 Å². The largest absolute Gasteiger partial charge is 0.458 e. The Balaban J connectivity index is 1.39. The normalized spacial score (nSPS) is 15.2. The van der Waals surface area contributed by atoms with Gasteiger partial charge in [-0.15, -0.1) is 0 Å². The summed E-state index contributed by atoms with van der Waals surface area (Å²) in [7, 11) is 0. The van der Waals surface area contributed by atoms with Crippen molar-refractivity contribution in [3.8, 4) is 11.8 Å². The lowest BCUT2D eigenvalue weighted by Crippen LogP contribution is -2.25. The van der Waals surface area contributed by atoms with E-state index in [1.165, 1.54) is 11.1 Å². The van der Waals surface area contributed by atoms with E-state index in [2.05, 4.69) is 30.0 Å². The molecule has 3 aromatic carbocycles. The summed E-state index contributed by atoms with van der Waals surface area (Å²) in [5.74, 6) is 5.97. The third kappa shape index (κ3) is 4.27. The minimum absolute atomic E-state index is 0.0510. The molecule has 0 aliphatic heterocycles. The molecule has 0 aromatic heterocycles. The van der Waals surface area contributed by atoms with E-state index in [4.69, 9.17) is 4.74 Å². The van der Waals surface area contributed by atoms with Gasteiger partial charge in [-0.05, 0) is 60.4 Å². The van der Waals surface area contributed by atoms with Gasteiger partial charge in [0.15, 0.2) is 0 Å². The lowest BCUT2D eigenvalue weighted by atomic mass is 9.90. The molecular weight excluding hydrogens is 332 g/mol. The van der Waals surface area contributed by atoms with Crippen LogP contribution in [0.3, 0.4) is 0 Å². The van der Waals surface area contributed by atoms with Gasteiger partial charge in [0.1, 0.15) is 6.10 Å². The number of ether oxygens (including phenoxy) is 1. The lowest BCUT2D eigenvalue weighted by Gasteiger charge is -2.24. The van der Waals surface area contributed by atoms with Gasteiger partial charge in [0.2, 0.25) is 0 Å². The van der Waals surface area contributed by atoms with E-state index in [-0.39, 0.29) is 12.1 Å². The molecule has 0 spiro atoms. The van der Waals surface area contributed by atoms with Gasteiger partial charge >= 0.3 is 5.97 Å². The predicted molar refractivity (Wildman–Crippen MR) is 107 cm³/mol. The molecule has 3 aromatic rings. The summed E-state index contributed by atoms with van der Waals surface area (Å²) in [4.78, 5) is 12.5. The van der Waals surface area contributed by atoms with Crippen LogP contribution in [0.4, 0.5) is 0 Å². The standard InChI is InChI=1S/C25H20O2/c26-25(27-24-17-16-21-8-4-5-9-23(21)18-24)22-14-12-20(13-15-22)11-10-19-6-2-1-3-7-19/h1-9,12-15,24H,16-18H2. The Morgan fingerprint density at radius 2 is 1.41 bits per heavy atom. The maximum atomic E-state index is 12.5. The number of benzene rings is 3. The minimum Gasteiger partial charge on any atom is -0.458 e. The van der Waals surface area contributed by atoms with Crippen molar-refractivity contribution in [2.24, 2.45) is 0 Å². The topological polar surface area (TPSA) is 26.3 Å². The first-order valence-electron chi connectivity index (χ1n) is 9.23. The molecule has 0 amide bonds. The summed E-state index contributed by atoms with van der Waals surface area (Å²) in [6.45, 7) is 0. The molecule has 2 nitrogen and oxygen atoms in total. The second kappa shape index (κ2) is 7.93. The second-order valence-corrected chi connectivity index (χ2v) is 6.73. The molecule has 132 valence electrons. The molecule has 0 N–H and O–H groups in total. The minimum atomic E-state index is -0.262. The average molecular weight is 352 g/mol. The highest BCUT2D eigenvalue weighted by Crippen LogP contribution is 2.23. The average Bonchev–Trinajstić information content (AvgIpc) is 2.73. The van der Waals surface area contributed by atoms with E-state index in [0.29, 0.717) is 5.56 Å². The van der Waals surface area contributed by atoms with E-state index in [1.807, 2.05) is 48.5 Å². The Morgan fingerprint density at radius 3 is 2.15 bits per heavy atom. The number of hydrogen-bond acceptors (Lipinski definition) is 2. The molecule has 0 heterocycles. The number of aryl methyl sites for hydroxylation is 1. The number of fused-ring (bicyclic) bond motifs is 1. The maximum absolute atomic E-state index is 12.5. The van der Waals surface area contributed by atoms with E-state index in [0.717, 1.165) is 30.4 Å². The van der Waals surface area contributed by atoms with Crippen LogP contribution >= 0.6 is 0 Å². The number of hydrogen-bond donors (Lipinski definition) is 0. The SMILES string of the molecule is O=C(OC1CCc2ccccc2C1)c1ccc(C#Cc2ccccc2)cc1. The van der Waals surface area contributed by atoms with Crippen LogP contribution < -0.4 is 0 Å². The molecule has 1 atom stereocenters. The molecule has 1 aliphatic rings. The van der Waals surface area contributed by atoms with E-state index < -0.39 is 0 Å².